The average molecular weight is 374 g/mol. The predicted molar refractivity (Wildman–Crippen MR) is 98.7 cm³/mol. The summed E-state index contributed by atoms with van der Waals surface area (Å²) >= 11 is 0. The molecule has 0 bridgehead atoms. The molecule has 3 saturated carbocycles. The number of aliphatic hydroxyl groups is 1. The van der Waals surface area contributed by atoms with Gasteiger partial charge in [-0.15, -0.1) is 0 Å². The molecule has 0 radical (unpaired) electrons. The third-order valence-corrected chi connectivity index (χ3v) is 8.36. The summed E-state index contributed by atoms with van der Waals surface area (Å²) in [6.07, 6.45) is 7.75. The Morgan fingerprint density at radius 3 is 2.67 bits per heavy atom. The minimum Gasteiger partial charge on any atom is -0.458 e. The Labute approximate surface area is 160 Å². The largest absolute Gasteiger partial charge is 0.458 e. The van der Waals surface area contributed by atoms with E-state index >= 15 is 0 Å². The smallest absolute Gasteiger partial charge is 0.303 e. The van der Waals surface area contributed by atoms with Gasteiger partial charge in [-0.3, -0.25) is 14.4 Å². The molecule has 5 nitrogen and oxygen atoms in total. The zero-order chi connectivity index (χ0) is 19.4. The van der Waals surface area contributed by atoms with Crippen LogP contribution in [0.3, 0.4) is 0 Å². The van der Waals surface area contributed by atoms with Crippen LogP contribution < -0.4 is 0 Å². The molecule has 4 rings (SSSR count). The van der Waals surface area contributed by atoms with Crippen molar-refractivity contribution in [2.24, 2.45) is 28.6 Å². The molecule has 6 atom stereocenters. The van der Waals surface area contributed by atoms with Crippen LogP contribution in [0.2, 0.25) is 0 Å². The van der Waals surface area contributed by atoms with Crippen LogP contribution in [0.15, 0.2) is 11.6 Å². The number of carbonyl (C=O) groups excluding carboxylic acids is 3. The highest BCUT2D eigenvalue weighted by Gasteiger charge is 2.63. The fourth-order valence-electron chi connectivity index (χ4n) is 7.04. The van der Waals surface area contributed by atoms with Gasteiger partial charge < -0.3 is 9.84 Å². The maximum Gasteiger partial charge on any atom is 0.303 e. The van der Waals surface area contributed by atoms with Crippen molar-refractivity contribution in [1.29, 1.82) is 0 Å². The summed E-state index contributed by atoms with van der Waals surface area (Å²) in [5, 5.41) is 10.8. The van der Waals surface area contributed by atoms with Crippen molar-refractivity contribution in [2.75, 3.05) is 6.61 Å². The van der Waals surface area contributed by atoms with Crippen molar-refractivity contribution >= 4 is 17.5 Å². The Morgan fingerprint density at radius 1 is 1.15 bits per heavy atom. The Hall–Kier alpha value is -1.49. The van der Waals surface area contributed by atoms with E-state index in [0.29, 0.717) is 31.1 Å². The van der Waals surface area contributed by atoms with Crippen molar-refractivity contribution in [3.05, 3.63) is 11.6 Å². The molecular weight excluding hydrogens is 344 g/mol. The van der Waals surface area contributed by atoms with E-state index in [-0.39, 0.29) is 29.5 Å². The topological polar surface area (TPSA) is 80.7 Å². The minimum atomic E-state index is -0.751. The molecule has 3 unspecified atom stereocenters. The van der Waals surface area contributed by atoms with E-state index in [1.54, 1.807) is 0 Å². The average Bonchev–Trinajstić information content (AvgIpc) is 2.98. The number of hydrogen-bond acceptors (Lipinski definition) is 5. The van der Waals surface area contributed by atoms with Crippen molar-refractivity contribution in [3.63, 3.8) is 0 Å². The lowest BCUT2D eigenvalue weighted by molar-refractivity contribution is -0.160. The van der Waals surface area contributed by atoms with Crippen LogP contribution in [0.5, 0.6) is 0 Å². The molecule has 27 heavy (non-hydrogen) atoms. The third kappa shape index (κ3) is 2.72. The summed E-state index contributed by atoms with van der Waals surface area (Å²) in [6.45, 7) is 3.39. The van der Waals surface area contributed by atoms with E-state index in [9.17, 15) is 19.5 Å². The van der Waals surface area contributed by atoms with Crippen LogP contribution in [0.25, 0.3) is 0 Å². The second-order valence-corrected chi connectivity index (χ2v) is 9.34. The lowest BCUT2D eigenvalue weighted by atomic mass is 9.46. The molecule has 0 amide bonds. The molecule has 0 aromatic rings. The predicted octanol–water partition coefficient (Wildman–Crippen LogP) is 2.99. The van der Waals surface area contributed by atoms with E-state index in [1.165, 1.54) is 12.5 Å². The van der Waals surface area contributed by atoms with Gasteiger partial charge in [0.05, 0.1) is 11.5 Å². The highest BCUT2D eigenvalue weighted by atomic mass is 16.5. The second kappa shape index (κ2) is 6.54. The quantitative estimate of drug-likeness (QED) is 0.768. The van der Waals surface area contributed by atoms with Crippen LogP contribution in [0, 0.1) is 28.6 Å². The van der Waals surface area contributed by atoms with Gasteiger partial charge in [0.2, 0.25) is 0 Å². The van der Waals surface area contributed by atoms with E-state index in [1.807, 2.05) is 6.08 Å². The Morgan fingerprint density at radius 2 is 1.93 bits per heavy atom. The number of carbonyl (C=O) groups is 3. The summed E-state index contributed by atoms with van der Waals surface area (Å²) in [4.78, 5) is 36.2. The number of rotatable bonds is 3. The Bertz CT molecular complexity index is 709. The second-order valence-electron chi connectivity index (χ2n) is 9.34. The van der Waals surface area contributed by atoms with Gasteiger partial charge >= 0.3 is 5.97 Å². The third-order valence-electron chi connectivity index (χ3n) is 8.36. The maximum absolute atomic E-state index is 13.1. The number of aliphatic hydroxyl groups excluding tert-OH is 1. The summed E-state index contributed by atoms with van der Waals surface area (Å²) in [5.41, 5.74) is 0.603. The van der Waals surface area contributed by atoms with Crippen LogP contribution in [0.1, 0.15) is 65.2 Å². The van der Waals surface area contributed by atoms with Gasteiger partial charge in [-0.2, -0.15) is 0 Å². The number of ether oxygens (including phenoxy) is 1. The van der Waals surface area contributed by atoms with Crippen molar-refractivity contribution in [2.45, 2.75) is 71.3 Å². The first-order chi connectivity index (χ1) is 12.8. The van der Waals surface area contributed by atoms with Crippen molar-refractivity contribution in [1.82, 2.24) is 0 Å². The van der Waals surface area contributed by atoms with E-state index in [0.717, 1.165) is 32.1 Å². The number of allylic oxidation sites excluding steroid dienone is 1. The van der Waals surface area contributed by atoms with Crippen molar-refractivity contribution < 1.29 is 24.2 Å². The maximum atomic E-state index is 13.1. The summed E-state index contributed by atoms with van der Waals surface area (Å²) < 4.78 is 5.02. The first-order valence-corrected chi connectivity index (χ1v) is 10.4. The SMILES string of the molecule is CC(=O)OCC(=O)[C@]12CCC3C(CCC4=CC(=O)CC[C@@]43C)C1CC[C@H]2O. The monoisotopic (exact) mass is 374 g/mol. The standard InChI is InChI=1S/C22H30O5/c1-13(23)27-12-20(26)22-10-8-17-16(18(22)5-6-19(22)25)4-3-14-11-15(24)7-9-21(14,17)2/h11,16-19,25H,3-10,12H2,1-2H3/t16?,17?,18?,19-,21+,22-/m1/s1. The molecular formula is C22H30O5. The van der Waals surface area contributed by atoms with Gasteiger partial charge in [0.25, 0.3) is 0 Å². The highest BCUT2D eigenvalue weighted by molar-refractivity contribution is 5.92. The van der Waals surface area contributed by atoms with Gasteiger partial charge in [-0.05, 0) is 74.2 Å². The van der Waals surface area contributed by atoms with Crippen LogP contribution in [-0.4, -0.2) is 35.4 Å². The van der Waals surface area contributed by atoms with Gasteiger partial charge in [0.1, 0.15) is 0 Å². The van der Waals surface area contributed by atoms with E-state index in [4.69, 9.17) is 4.74 Å². The Kier molecular flexibility index (Phi) is 4.57. The first kappa shape index (κ1) is 18.9. The van der Waals surface area contributed by atoms with E-state index < -0.39 is 17.5 Å². The fourth-order valence-corrected chi connectivity index (χ4v) is 7.04. The lowest BCUT2D eigenvalue weighted by Gasteiger charge is -2.57. The molecule has 0 aliphatic heterocycles. The fraction of sp³-hybridized carbons (Fsp3) is 0.773. The van der Waals surface area contributed by atoms with Gasteiger partial charge in [0.15, 0.2) is 18.2 Å². The molecule has 4 aliphatic carbocycles. The molecule has 3 fully saturated rings. The van der Waals surface area contributed by atoms with Crippen molar-refractivity contribution in [3.8, 4) is 0 Å². The normalized spacial score (nSPS) is 43.2. The minimum absolute atomic E-state index is 0.0511. The molecule has 4 aliphatic rings. The molecule has 0 heterocycles. The highest BCUT2D eigenvalue weighted by Crippen LogP contribution is 2.65. The number of hydrogen-bond donors (Lipinski definition) is 1. The zero-order valence-electron chi connectivity index (χ0n) is 16.3. The van der Waals surface area contributed by atoms with Crippen LogP contribution in [-0.2, 0) is 19.1 Å². The number of fused-ring (bicyclic) bond motifs is 5. The summed E-state index contributed by atoms with van der Waals surface area (Å²) in [7, 11) is 0. The molecule has 5 heteroatoms. The van der Waals surface area contributed by atoms with Gasteiger partial charge in [0, 0.05) is 13.3 Å². The molecule has 0 spiro atoms. The van der Waals surface area contributed by atoms with E-state index in [2.05, 4.69) is 6.92 Å². The number of Topliss-reactive ketones (excluding diaryl/α,β-unsaturated/α-hetero) is 1. The zero-order valence-corrected chi connectivity index (χ0v) is 16.3. The lowest BCUT2D eigenvalue weighted by Crippen LogP contribution is -2.56. The molecule has 0 saturated heterocycles. The molecule has 148 valence electrons. The number of ketones is 2. The first-order valence-electron chi connectivity index (χ1n) is 10.4. The summed E-state index contributed by atoms with van der Waals surface area (Å²) in [6, 6.07) is 0. The van der Waals surface area contributed by atoms with Crippen LogP contribution in [0.4, 0.5) is 0 Å². The number of esters is 1. The Balaban J connectivity index is 1.64. The molecule has 0 aromatic carbocycles. The van der Waals surface area contributed by atoms with Gasteiger partial charge in [-0.25, -0.2) is 0 Å². The molecule has 1 N–H and O–H groups in total. The van der Waals surface area contributed by atoms with Gasteiger partial charge in [-0.1, -0.05) is 12.5 Å². The van der Waals surface area contributed by atoms with Crippen LogP contribution >= 0.6 is 0 Å². The molecule has 0 aromatic heterocycles. The summed E-state index contributed by atoms with van der Waals surface area (Å²) in [5.74, 6) is 0.716.